The van der Waals surface area contributed by atoms with Crippen LogP contribution in [0.5, 0.6) is 0 Å². The molecule has 0 aliphatic rings. The summed E-state index contributed by atoms with van der Waals surface area (Å²) in [5.41, 5.74) is 6.77. The highest BCUT2D eigenvalue weighted by molar-refractivity contribution is 5.94. The predicted octanol–water partition coefficient (Wildman–Crippen LogP) is -1.49. The van der Waals surface area contributed by atoms with Gasteiger partial charge in [0.1, 0.15) is 18.1 Å². The van der Waals surface area contributed by atoms with Gasteiger partial charge < -0.3 is 37.0 Å². The fourth-order valence-electron chi connectivity index (χ4n) is 3.02. The molecule has 0 saturated carbocycles. The summed E-state index contributed by atoms with van der Waals surface area (Å²) in [7, 11) is 0. The number of carboxylic acids is 1. The Kier molecular flexibility index (Phi) is 11.5. The predicted molar refractivity (Wildman–Crippen MR) is 120 cm³/mol. The molecule has 1 aromatic rings. The van der Waals surface area contributed by atoms with Crippen LogP contribution in [-0.2, 0) is 25.6 Å². The van der Waals surface area contributed by atoms with E-state index in [0.29, 0.717) is 6.42 Å². The van der Waals surface area contributed by atoms with Crippen LogP contribution in [0.25, 0.3) is 0 Å². The van der Waals surface area contributed by atoms with E-state index in [1.165, 1.54) is 6.92 Å². The van der Waals surface area contributed by atoms with Gasteiger partial charge in [0.05, 0.1) is 18.8 Å². The first-order valence-electron chi connectivity index (χ1n) is 10.7. The third kappa shape index (κ3) is 8.79. The van der Waals surface area contributed by atoms with Gasteiger partial charge in [-0.1, -0.05) is 50.6 Å². The molecule has 0 aromatic heterocycles. The van der Waals surface area contributed by atoms with E-state index in [1.807, 2.05) is 6.07 Å². The first kappa shape index (κ1) is 28.0. The number of carboxylic acid groups (broad SMARTS) is 1. The van der Waals surface area contributed by atoms with Crippen LogP contribution in [0.3, 0.4) is 0 Å². The van der Waals surface area contributed by atoms with E-state index in [4.69, 9.17) is 15.9 Å². The van der Waals surface area contributed by atoms with Gasteiger partial charge in [0.25, 0.3) is 0 Å². The lowest BCUT2D eigenvalue weighted by atomic mass is 9.97. The number of aliphatic carboxylic acids is 1. The number of aliphatic hydroxyl groups is 2. The largest absolute Gasteiger partial charge is 0.480 e. The SMILES string of the molecule is CCC(C)C(NC(=O)C(NC(=O)C(N)Cc1ccccc1)C(C)O)C(=O)NC(CO)C(=O)O. The number of nitrogens with one attached hydrogen (secondary N) is 3. The number of amides is 3. The van der Waals surface area contributed by atoms with Crippen molar-refractivity contribution < 1.29 is 34.5 Å². The Bertz CT molecular complexity index is 803. The van der Waals surface area contributed by atoms with Crippen molar-refractivity contribution in [2.24, 2.45) is 11.7 Å². The molecule has 0 spiro atoms. The van der Waals surface area contributed by atoms with Gasteiger partial charge in [-0.25, -0.2) is 4.79 Å². The molecule has 33 heavy (non-hydrogen) atoms. The Morgan fingerprint density at radius 2 is 1.48 bits per heavy atom. The number of rotatable bonds is 13. The van der Waals surface area contributed by atoms with E-state index in [-0.39, 0.29) is 6.42 Å². The minimum Gasteiger partial charge on any atom is -0.480 e. The highest BCUT2D eigenvalue weighted by Gasteiger charge is 2.34. The molecule has 0 radical (unpaired) electrons. The lowest BCUT2D eigenvalue weighted by molar-refractivity contribution is -0.143. The first-order valence-corrected chi connectivity index (χ1v) is 10.7. The monoisotopic (exact) mass is 466 g/mol. The Morgan fingerprint density at radius 1 is 0.939 bits per heavy atom. The fraction of sp³-hybridized carbons (Fsp3) is 0.545. The molecule has 0 bridgehead atoms. The third-order valence-corrected chi connectivity index (χ3v) is 5.29. The van der Waals surface area contributed by atoms with Crippen molar-refractivity contribution in [1.29, 1.82) is 0 Å². The van der Waals surface area contributed by atoms with E-state index >= 15 is 0 Å². The molecule has 0 heterocycles. The van der Waals surface area contributed by atoms with Crippen molar-refractivity contribution in [3.63, 3.8) is 0 Å². The van der Waals surface area contributed by atoms with Crippen LogP contribution in [0.4, 0.5) is 0 Å². The van der Waals surface area contributed by atoms with Gasteiger partial charge in [0.15, 0.2) is 0 Å². The average Bonchev–Trinajstić information content (AvgIpc) is 2.78. The van der Waals surface area contributed by atoms with Crippen LogP contribution in [0.15, 0.2) is 30.3 Å². The van der Waals surface area contributed by atoms with Gasteiger partial charge in [0, 0.05) is 0 Å². The lowest BCUT2D eigenvalue weighted by Gasteiger charge is -2.28. The number of nitrogens with two attached hydrogens (primary N) is 1. The lowest BCUT2D eigenvalue weighted by Crippen LogP contribution is -2.61. The molecule has 0 aliphatic carbocycles. The molecule has 8 N–H and O–H groups in total. The van der Waals surface area contributed by atoms with Crippen molar-refractivity contribution in [1.82, 2.24) is 16.0 Å². The number of carbonyl (C=O) groups is 4. The summed E-state index contributed by atoms with van der Waals surface area (Å²) in [5.74, 6) is -4.14. The van der Waals surface area contributed by atoms with Crippen molar-refractivity contribution >= 4 is 23.7 Å². The summed E-state index contributed by atoms with van der Waals surface area (Å²) in [4.78, 5) is 49.1. The Labute approximate surface area is 192 Å². The van der Waals surface area contributed by atoms with Crippen LogP contribution in [0.2, 0.25) is 0 Å². The summed E-state index contributed by atoms with van der Waals surface area (Å²) in [5, 5.41) is 35.3. The zero-order chi connectivity index (χ0) is 25.1. The first-order chi connectivity index (χ1) is 15.5. The maximum atomic E-state index is 12.9. The average molecular weight is 467 g/mol. The van der Waals surface area contributed by atoms with E-state index in [0.717, 1.165) is 5.56 Å². The van der Waals surface area contributed by atoms with E-state index in [9.17, 15) is 24.3 Å². The summed E-state index contributed by atoms with van der Waals surface area (Å²) in [6, 6.07) is 3.97. The highest BCUT2D eigenvalue weighted by atomic mass is 16.4. The molecule has 6 atom stereocenters. The third-order valence-electron chi connectivity index (χ3n) is 5.29. The van der Waals surface area contributed by atoms with Crippen LogP contribution in [-0.4, -0.2) is 75.9 Å². The Hall–Kier alpha value is -3.02. The van der Waals surface area contributed by atoms with Crippen LogP contribution >= 0.6 is 0 Å². The van der Waals surface area contributed by atoms with Crippen LogP contribution in [0.1, 0.15) is 32.8 Å². The second-order valence-electron chi connectivity index (χ2n) is 7.98. The fourth-order valence-corrected chi connectivity index (χ4v) is 3.02. The molecular formula is C22H34N4O7. The van der Waals surface area contributed by atoms with Crippen LogP contribution < -0.4 is 21.7 Å². The number of hydrogen-bond acceptors (Lipinski definition) is 7. The smallest absolute Gasteiger partial charge is 0.328 e. The topological polar surface area (TPSA) is 191 Å². The molecule has 3 amide bonds. The molecule has 11 nitrogen and oxygen atoms in total. The molecule has 0 fully saturated rings. The van der Waals surface area contributed by atoms with Gasteiger partial charge in [-0.2, -0.15) is 0 Å². The normalized spacial score (nSPS) is 16.4. The Balaban J connectivity index is 2.91. The summed E-state index contributed by atoms with van der Waals surface area (Å²) in [6.45, 7) is 3.92. The summed E-state index contributed by atoms with van der Waals surface area (Å²) in [6.07, 6.45) is -0.623. The standard InChI is InChI=1S/C22H34N4O7/c1-4-12(2)17(20(30)24-16(11-27)22(32)33)25-21(31)18(13(3)28)26-19(29)15(23)10-14-8-6-5-7-9-14/h5-9,12-13,15-18,27-28H,4,10-11,23H2,1-3H3,(H,24,30)(H,25,31)(H,26,29)(H,32,33). The van der Waals surface area contributed by atoms with E-state index < -0.39 is 66.5 Å². The van der Waals surface area contributed by atoms with Crippen molar-refractivity contribution in [3.8, 4) is 0 Å². The molecule has 1 rings (SSSR count). The van der Waals surface area contributed by atoms with Crippen LogP contribution in [0, 0.1) is 5.92 Å². The maximum Gasteiger partial charge on any atom is 0.328 e. The second-order valence-corrected chi connectivity index (χ2v) is 7.98. The number of aliphatic hydroxyl groups excluding tert-OH is 2. The number of hydrogen-bond donors (Lipinski definition) is 7. The van der Waals surface area contributed by atoms with Gasteiger partial charge in [-0.3, -0.25) is 14.4 Å². The minimum absolute atomic E-state index is 0.219. The van der Waals surface area contributed by atoms with Gasteiger partial charge in [0.2, 0.25) is 17.7 Å². The van der Waals surface area contributed by atoms with Crippen molar-refractivity contribution in [2.45, 2.75) is 63.9 Å². The van der Waals surface area contributed by atoms with Gasteiger partial charge in [-0.05, 0) is 24.8 Å². The molecule has 184 valence electrons. The molecule has 6 unspecified atom stereocenters. The summed E-state index contributed by atoms with van der Waals surface area (Å²) < 4.78 is 0. The van der Waals surface area contributed by atoms with Gasteiger partial charge in [-0.15, -0.1) is 0 Å². The Morgan fingerprint density at radius 3 is 1.97 bits per heavy atom. The molecule has 0 saturated heterocycles. The quantitative estimate of drug-likeness (QED) is 0.183. The second kappa shape index (κ2) is 13.5. The number of benzene rings is 1. The van der Waals surface area contributed by atoms with Crippen molar-refractivity contribution in [3.05, 3.63) is 35.9 Å². The molecule has 1 aromatic carbocycles. The zero-order valence-electron chi connectivity index (χ0n) is 19.0. The molecule has 0 aliphatic heterocycles. The maximum absolute atomic E-state index is 12.9. The molecule has 11 heteroatoms. The summed E-state index contributed by atoms with van der Waals surface area (Å²) >= 11 is 0. The van der Waals surface area contributed by atoms with Crippen molar-refractivity contribution in [2.75, 3.05) is 6.61 Å². The number of carbonyl (C=O) groups excluding carboxylic acids is 3. The molecular weight excluding hydrogens is 432 g/mol. The zero-order valence-corrected chi connectivity index (χ0v) is 19.0. The van der Waals surface area contributed by atoms with E-state index in [1.54, 1.807) is 38.1 Å². The highest BCUT2D eigenvalue weighted by Crippen LogP contribution is 2.10. The van der Waals surface area contributed by atoms with E-state index in [2.05, 4.69) is 16.0 Å². The minimum atomic E-state index is -1.54. The van der Waals surface area contributed by atoms with Gasteiger partial charge >= 0.3 is 5.97 Å².